The Morgan fingerprint density at radius 2 is 1.69 bits per heavy atom. The molecule has 1 amide bonds. The van der Waals surface area contributed by atoms with Gasteiger partial charge in [-0.05, 0) is 36.4 Å². The van der Waals surface area contributed by atoms with Crippen molar-refractivity contribution >= 4 is 11.9 Å². The second-order valence-corrected chi connectivity index (χ2v) is 5.18. The Labute approximate surface area is 147 Å². The number of anilines is 1. The second kappa shape index (κ2) is 6.89. The maximum atomic E-state index is 12.3. The van der Waals surface area contributed by atoms with E-state index >= 15 is 0 Å². The molecule has 0 saturated heterocycles. The zero-order chi connectivity index (χ0) is 17.8. The standard InChI is InChI=1S/C18H12N4O4/c23-16(20-18-22-21-17(25-18)15-10-11-19-26-15)12-6-8-14(9-7-12)24-13-4-2-1-3-5-13/h1-11H,(H,20,22,23). The molecule has 0 saturated carbocycles. The number of carbonyl (C=O) groups excluding carboxylic acids is 1. The molecule has 2 aromatic carbocycles. The maximum absolute atomic E-state index is 12.3. The van der Waals surface area contributed by atoms with Crippen molar-refractivity contribution in [1.29, 1.82) is 0 Å². The first kappa shape index (κ1) is 15.6. The topological polar surface area (TPSA) is 103 Å². The lowest BCUT2D eigenvalue weighted by Gasteiger charge is -2.06. The van der Waals surface area contributed by atoms with E-state index in [4.69, 9.17) is 13.7 Å². The first-order valence-corrected chi connectivity index (χ1v) is 7.67. The highest BCUT2D eigenvalue weighted by Gasteiger charge is 2.14. The molecule has 0 aliphatic heterocycles. The number of ether oxygens (including phenoxy) is 1. The Balaban J connectivity index is 1.42. The summed E-state index contributed by atoms with van der Waals surface area (Å²) in [5, 5.41) is 13.6. The summed E-state index contributed by atoms with van der Waals surface area (Å²) < 4.78 is 15.9. The summed E-state index contributed by atoms with van der Waals surface area (Å²) in [5.41, 5.74) is 0.421. The smallest absolute Gasteiger partial charge is 0.322 e. The van der Waals surface area contributed by atoms with E-state index in [-0.39, 0.29) is 17.8 Å². The molecule has 26 heavy (non-hydrogen) atoms. The number of para-hydroxylation sites is 1. The van der Waals surface area contributed by atoms with Crippen LogP contribution in [0.5, 0.6) is 11.5 Å². The first-order chi connectivity index (χ1) is 12.8. The van der Waals surface area contributed by atoms with Crippen LogP contribution in [0.2, 0.25) is 0 Å². The second-order valence-electron chi connectivity index (χ2n) is 5.18. The molecule has 2 aromatic heterocycles. The van der Waals surface area contributed by atoms with E-state index in [9.17, 15) is 4.79 Å². The Bertz CT molecular complexity index is 995. The molecule has 8 heteroatoms. The third-order valence-corrected chi connectivity index (χ3v) is 3.39. The average molecular weight is 348 g/mol. The largest absolute Gasteiger partial charge is 0.457 e. The monoisotopic (exact) mass is 348 g/mol. The molecule has 8 nitrogen and oxygen atoms in total. The van der Waals surface area contributed by atoms with Gasteiger partial charge in [0.1, 0.15) is 11.5 Å². The van der Waals surface area contributed by atoms with Crippen LogP contribution in [-0.4, -0.2) is 21.3 Å². The van der Waals surface area contributed by atoms with Crippen LogP contribution in [0.4, 0.5) is 6.01 Å². The minimum Gasteiger partial charge on any atom is -0.457 e. The van der Waals surface area contributed by atoms with Crippen LogP contribution in [-0.2, 0) is 0 Å². The van der Waals surface area contributed by atoms with Gasteiger partial charge in [-0.3, -0.25) is 10.1 Å². The van der Waals surface area contributed by atoms with E-state index in [1.165, 1.54) is 6.20 Å². The summed E-state index contributed by atoms with van der Waals surface area (Å²) in [6, 6.07) is 17.6. The van der Waals surface area contributed by atoms with Crippen molar-refractivity contribution in [3.63, 3.8) is 0 Å². The van der Waals surface area contributed by atoms with Gasteiger partial charge in [-0.1, -0.05) is 28.5 Å². The lowest BCUT2D eigenvalue weighted by molar-refractivity contribution is 0.102. The van der Waals surface area contributed by atoms with Crippen LogP contribution >= 0.6 is 0 Å². The summed E-state index contributed by atoms with van der Waals surface area (Å²) in [5.74, 6) is 1.41. The molecule has 2 heterocycles. The summed E-state index contributed by atoms with van der Waals surface area (Å²) in [6.07, 6.45) is 1.46. The first-order valence-electron chi connectivity index (χ1n) is 7.67. The molecule has 0 fully saturated rings. The zero-order valence-corrected chi connectivity index (χ0v) is 13.3. The summed E-state index contributed by atoms with van der Waals surface area (Å²) >= 11 is 0. The van der Waals surface area contributed by atoms with E-state index in [1.54, 1.807) is 30.3 Å². The summed E-state index contributed by atoms with van der Waals surface area (Å²) in [6.45, 7) is 0. The Morgan fingerprint density at radius 3 is 2.42 bits per heavy atom. The van der Waals surface area contributed by atoms with Gasteiger partial charge in [-0.2, -0.15) is 0 Å². The number of carbonyl (C=O) groups is 1. The molecule has 0 aliphatic rings. The van der Waals surface area contributed by atoms with Gasteiger partial charge in [0.15, 0.2) is 0 Å². The van der Waals surface area contributed by atoms with Gasteiger partial charge in [-0.25, -0.2) is 0 Å². The predicted molar refractivity (Wildman–Crippen MR) is 90.7 cm³/mol. The number of amides is 1. The summed E-state index contributed by atoms with van der Waals surface area (Å²) in [7, 11) is 0. The predicted octanol–water partition coefficient (Wildman–Crippen LogP) is 3.77. The van der Waals surface area contributed by atoms with E-state index in [1.807, 2.05) is 30.3 Å². The number of nitrogens with zero attached hydrogens (tertiary/aromatic N) is 3. The number of nitrogens with one attached hydrogen (secondary N) is 1. The molecule has 0 spiro atoms. The van der Waals surface area contributed by atoms with Crippen molar-refractivity contribution in [2.45, 2.75) is 0 Å². The summed E-state index contributed by atoms with van der Waals surface area (Å²) in [4.78, 5) is 12.3. The van der Waals surface area contributed by atoms with Crippen LogP contribution in [0.25, 0.3) is 11.7 Å². The molecule has 1 N–H and O–H groups in total. The van der Waals surface area contributed by atoms with Gasteiger partial charge in [-0.15, -0.1) is 5.10 Å². The van der Waals surface area contributed by atoms with Gasteiger partial charge >= 0.3 is 6.01 Å². The molecule has 0 bridgehead atoms. The highest BCUT2D eigenvalue weighted by molar-refractivity contribution is 6.03. The maximum Gasteiger partial charge on any atom is 0.322 e. The molecule has 0 unspecified atom stereocenters. The number of benzene rings is 2. The van der Waals surface area contributed by atoms with Gasteiger partial charge in [0.25, 0.3) is 11.8 Å². The van der Waals surface area contributed by atoms with Crippen LogP contribution in [0, 0.1) is 0 Å². The van der Waals surface area contributed by atoms with Crippen molar-refractivity contribution in [3.05, 3.63) is 72.4 Å². The van der Waals surface area contributed by atoms with Crippen molar-refractivity contribution in [2.75, 3.05) is 5.32 Å². The van der Waals surface area contributed by atoms with Crippen molar-refractivity contribution < 1.29 is 18.5 Å². The quantitative estimate of drug-likeness (QED) is 0.585. The molecular weight excluding hydrogens is 336 g/mol. The number of hydrogen-bond acceptors (Lipinski definition) is 7. The van der Waals surface area contributed by atoms with Gasteiger partial charge in [0.05, 0.1) is 6.20 Å². The Kier molecular flexibility index (Phi) is 4.13. The fourth-order valence-electron chi connectivity index (χ4n) is 2.17. The number of hydrogen-bond donors (Lipinski definition) is 1. The molecule has 4 rings (SSSR count). The minimum atomic E-state index is -0.385. The van der Waals surface area contributed by atoms with Gasteiger partial charge < -0.3 is 13.7 Å². The minimum absolute atomic E-state index is 0.0361. The molecule has 0 radical (unpaired) electrons. The lowest BCUT2D eigenvalue weighted by atomic mass is 10.2. The molecule has 0 aliphatic carbocycles. The molecular formula is C18H12N4O4. The number of aromatic nitrogens is 3. The lowest BCUT2D eigenvalue weighted by Crippen LogP contribution is -2.11. The van der Waals surface area contributed by atoms with Crippen LogP contribution in [0.1, 0.15) is 10.4 Å². The molecule has 128 valence electrons. The normalized spacial score (nSPS) is 10.5. The zero-order valence-electron chi connectivity index (χ0n) is 13.3. The van der Waals surface area contributed by atoms with E-state index < -0.39 is 0 Å². The Morgan fingerprint density at radius 1 is 0.923 bits per heavy atom. The van der Waals surface area contributed by atoms with Crippen LogP contribution < -0.4 is 10.1 Å². The average Bonchev–Trinajstić information content (AvgIpc) is 3.35. The fourth-order valence-corrected chi connectivity index (χ4v) is 2.17. The SMILES string of the molecule is O=C(Nc1nnc(-c2ccno2)o1)c1ccc(Oc2ccccc2)cc1. The van der Waals surface area contributed by atoms with E-state index in [0.717, 1.165) is 5.75 Å². The fraction of sp³-hybridized carbons (Fsp3) is 0. The molecule has 4 aromatic rings. The third-order valence-electron chi connectivity index (χ3n) is 3.39. The van der Waals surface area contributed by atoms with E-state index in [2.05, 4.69) is 20.7 Å². The highest BCUT2D eigenvalue weighted by Crippen LogP contribution is 2.22. The third kappa shape index (κ3) is 3.44. The van der Waals surface area contributed by atoms with Gasteiger partial charge in [0.2, 0.25) is 5.76 Å². The van der Waals surface area contributed by atoms with E-state index in [0.29, 0.717) is 17.1 Å². The Hall–Kier alpha value is -3.94. The van der Waals surface area contributed by atoms with Crippen molar-refractivity contribution in [1.82, 2.24) is 15.4 Å². The van der Waals surface area contributed by atoms with Crippen molar-refractivity contribution in [2.24, 2.45) is 0 Å². The number of rotatable bonds is 5. The van der Waals surface area contributed by atoms with Gasteiger partial charge in [0, 0.05) is 11.6 Å². The van der Waals surface area contributed by atoms with Crippen LogP contribution in [0.15, 0.2) is 75.8 Å². The molecule has 0 atom stereocenters. The van der Waals surface area contributed by atoms with Crippen LogP contribution in [0.3, 0.4) is 0 Å². The highest BCUT2D eigenvalue weighted by atomic mass is 16.5. The van der Waals surface area contributed by atoms with Crippen molar-refractivity contribution in [3.8, 4) is 23.1 Å².